The van der Waals surface area contributed by atoms with Crippen molar-refractivity contribution in [2.24, 2.45) is 0 Å². The molecule has 0 unspecified atom stereocenters. The van der Waals surface area contributed by atoms with Crippen molar-refractivity contribution < 1.29 is 4.52 Å². The van der Waals surface area contributed by atoms with Crippen LogP contribution in [0.3, 0.4) is 0 Å². The van der Waals surface area contributed by atoms with Crippen LogP contribution in [-0.4, -0.2) is 29.2 Å². The van der Waals surface area contributed by atoms with E-state index >= 15 is 0 Å². The maximum Gasteiger partial charge on any atom is 0.239 e. The van der Waals surface area contributed by atoms with Crippen molar-refractivity contribution in [2.75, 3.05) is 19.0 Å². The second kappa shape index (κ2) is 6.06. The molecule has 0 N–H and O–H groups in total. The molecule has 19 heavy (non-hydrogen) atoms. The maximum atomic E-state index is 5.17. The van der Waals surface area contributed by atoms with Gasteiger partial charge in [-0.2, -0.15) is 4.98 Å². The number of nitrogens with zero attached hydrogens (tertiary/aromatic N) is 4. The van der Waals surface area contributed by atoms with E-state index in [-0.39, 0.29) is 5.25 Å². The molecule has 0 aliphatic heterocycles. The Morgan fingerprint density at radius 2 is 2.21 bits per heavy atom. The van der Waals surface area contributed by atoms with Crippen molar-refractivity contribution >= 4 is 17.6 Å². The SMILES string of the molecule is Cc1noc([C@@H](C)SCc2ccnc(N(C)C)c2)n1. The smallest absolute Gasteiger partial charge is 0.239 e. The van der Waals surface area contributed by atoms with E-state index in [4.69, 9.17) is 4.52 Å². The zero-order valence-electron chi connectivity index (χ0n) is 11.6. The monoisotopic (exact) mass is 278 g/mol. The van der Waals surface area contributed by atoms with Crippen molar-refractivity contribution in [3.05, 3.63) is 35.6 Å². The van der Waals surface area contributed by atoms with Crippen LogP contribution < -0.4 is 4.90 Å². The molecule has 2 heterocycles. The minimum atomic E-state index is 0.192. The van der Waals surface area contributed by atoms with Crippen molar-refractivity contribution in [1.29, 1.82) is 0 Å². The first-order valence-corrected chi connectivity index (χ1v) is 7.15. The normalized spacial score (nSPS) is 12.4. The van der Waals surface area contributed by atoms with Gasteiger partial charge in [0.05, 0.1) is 5.25 Å². The van der Waals surface area contributed by atoms with Crippen LogP contribution in [0.25, 0.3) is 0 Å². The van der Waals surface area contributed by atoms with Gasteiger partial charge >= 0.3 is 0 Å². The predicted octanol–water partition coefficient (Wildman–Crippen LogP) is 2.83. The Morgan fingerprint density at radius 1 is 1.42 bits per heavy atom. The molecule has 2 aromatic heterocycles. The lowest BCUT2D eigenvalue weighted by atomic mass is 10.3. The van der Waals surface area contributed by atoms with E-state index in [0.29, 0.717) is 11.7 Å². The molecule has 0 radical (unpaired) electrons. The lowest BCUT2D eigenvalue weighted by molar-refractivity contribution is 0.376. The predicted molar refractivity (Wildman–Crippen MR) is 77.3 cm³/mol. The van der Waals surface area contributed by atoms with Gasteiger partial charge in [0, 0.05) is 26.0 Å². The largest absolute Gasteiger partial charge is 0.363 e. The number of thioether (sulfide) groups is 1. The average molecular weight is 278 g/mol. The fourth-order valence-electron chi connectivity index (χ4n) is 1.57. The molecule has 0 saturated carbocycles. The highest BCUT2D eigenvalue weighted by atomic mass is 32.2. The van der Waals surface area contributed by atoms with Crippen LogP contribution in [0.5, 0.6) is 0 Å². The molecule has 0 fully saturated rings. The Morgan fingerprint density at radius 3 is 2.84 bits per heavy atom. The van der Waals surface area contributed by atoms with Crippen LogP contribution in [0, 0.1) is 6.92 Å². The van der Waals surface area contributed by atoms with Gasteiger partial charge in [-0.15, -0.1) is 11.8 Å². The maximum absolute atomic E-state index is 5.17. The van der Waals surface area contributed by atoms with E-state index < -0.39 is 0 Å². The lowest BCUT2D eigenvalue weighted by Gasteiger charge is -2.12. The zero-order valence-corrected chi connectivity index (χ0v) is 12.4. The molecule has 0 spiro atoms. The summed E-state index contributed by atoms with van der Waals surface area (Å²) < 4.78 is 5.17. The lowest BCUT2D eigenvalue weighted by Crippen LogP contribution is -2.10. The molecular weight excluding hydrogens is 260 g/mol. The van der Waals surface area contributed by atoms with Crippen LogP contribution >= 0.6 is 11.8 Å². The highest BCUT2D eigenvalue weighted by Gasteiger charge is 2.13. The van der Waals surface area contributed by atoms with E-state index in [1.54, 1.807) is 11.8 Å². The van der Waals surface area contributed by atoms with Crippen molar-refractivity contribution in [1.82, 2.24) is 15.1 Å². The first-order chi connectivity index (χ1) is 9.06. The Kier molecular flexibility index (Phi) is 4.42. The highest BCUT2D eigenvalue weighted by molar-refractivity contribution is 7.98. The summed E-state index contributed by atoms with van der Waals surface area (Å²) in [6, 6.07) is 4.13. The number of hydrogen-bond donors (Lipinski definition) is 0. The van der Waals surface area contributed by atoms with E-state index in [2.05, 4.69) is 28.1 Å². The third-order valence-electron chi connectivity index (χ3n) is 2.66. The summed E-state index contributed by atoms with van der Waals surface area (Å²) in [5.74, 6) is 3.23. The van der Waals surface area contributed by atoms with Crippen LogP contribution in [0.2, 0.25) is 0 Å². The van der Waals surface area contributed by atoms with Crippen molar-refractivity contribution in [2.45, 2.75) is 24.9 Å². The quantitative estimate of drug-likeness (QED) is 0.838. The standard InChI is InChI=1S/C13H18N4OS/c1-9(13-15-10(2)16-18-13)19-8-11-5-6-14-12(7-11)17(3)4/h5-7,9H,8H2,1-4H3/t9-/m1/s1. The summed E-state index contributed by atoms with van der Waals surface area (Å²) in [5, 5.41) is 4.01. The Hall–Kier alpha value is -1.56. The summed E-state index contributed by atoms with van der Waals surface area (Å²) in [5.41, 5.74) is 1.24. The molecule has 0 saturated heterocycles. The summed E-state index contributed by atoms with van der Waals surface area (Å²) in [6.07, 6.45) is 1.84. The molecular formula is C13H18N4OS. The molecule has 102 valence electrons. The van der Waals surface area contributed by atoms with E-state index in [9.17, 15) is 0 Å². The summed E-state index contributed by atoms with van der Waals surface area (Å²) in [6.45, 7) is 3.91. The van der Waals surface area contributed by atoms with Gasteiger partial charge in [0.15, 0.2) is 5.82 Å². The fourth-order valence-corrected chi connectivity index (χ4v) is 2.43. The second-order valence-electron chi connectivity index (χ2n) is 4.55. The molecule has 1 atom stereocenters. The highest BCUT2D eigenvalue weighted by Crippen LogP contribution is 2.30. The zero-order chi connectivity index (χ0) is 13.8. The van der Waals surface area contributed by atoms with Gasteiger partial charge in [-0.1, -0.05) is 5.16 Å². The van der Waals surface area contributed by atoms with Gasteiger partial charge < -0.3 is 9.42 Å². The van der Waals surface area contributed by atoms with Gasteiger partial charge in [0.25, 0.3) is 0 Å². The Balaban J connectivity index is 1.96. The van der Waals surface area contributed by atoms with Crippen LogP contribution in [0.4, 0.5) is 5.82 Å². The molecule has 0 bridgehead atoms. The van der Waals surface area contributed by atoms with E-state index in [1.165, 1.54) is 5.56 Å². The minimum Gasteiger partial charge on any atom is -0.363 e. The van der Waals surface area contributed by atoms with Gasteiger partial charge in [0.1, 0.15) is 5.82 Å². The number of hydrogen-bond acceptors (Lipinski definition) is 6. The first kappa shape index (κ1) is 13.9. The molecule has 6 heteroatoms. The van der Waals surface area contributed by atoms with Gasteiger partial charge in [-0.3, -0.25) is 0 Å². The van der Waals surface area contributed by atoms with Crippen LogP contribution in [0.1, 0.15) is 29.5 Å². The van der Waals surface area contributed by atoms with Crippen molar-refractivity contribution in [3.63, 3.8) is 0 Å². The summed E-state index contributed by atoms with van der Waals surface area (Å²) in [7, 11) is 3.98. The number of aryl methyl sites for hydroxylation is 1. The Labute approximate surface area is 117 Å². The molecule has 0 aliphatic rings. The van der Waals surface area contributed by atoms with Crippen molar-refractivity contribution in [3.8, 4) is 0 Å². The molecule has 0 aliphatic carbocycles. The van der Waals surface area contributed by atoms with Crippen LogP contribution in [-0.2, 0) is 5.75 Å². The van der Waals surface area contributed by atoms with E-state index in [0.717, 1.165) is 11.6 Å². The number of rotatable bonds is 5. The number of pyridine rings is 1. The number of anilines is 1. The third-order valence-corrected chi connectivity index (χ3v) is 3.86. The first-order valence-electron chi connectivity index (χ1n) is 6.10. The second-order valence-corrected chi connectivity index (χ2v) is 5.88. The van der Waals surface area contributed by atoms with Crippen LogP contribution in [0.15, 0.2) is 22.9 Å². The molecule has 0 amide bonds. The van der Waals surface area contributed by atoms with Gasteiger partial charge in [-0.05, 0) is 31.5 Å². The number of aromatic nitrogens is 3. The molecule has 2 rings (SSSR count). The average Bonchev–Trinajstić information content (AvgIpc) is 2.83. The molecule has 5 nitrogen and oxygen atoms in total. The molecule has 2 aromatic rings. The van der Waals surface area contributed by atoms with E-state index in [1.807, 2.05) is 38.2 Å². The Bertz CT molecular complexity index is 541. The minimum absolute atomic E-state index is 0.192. The summed E-state index contributed by atoms with van der Waals surface area (Å²) >= 11 is 1.77. The fraction of sp³-hybridized carbons (Fsp3) is 0.462. The third kappa shape index (κ3) is 3.70. The van der Waals surface area contributed by atoms with Gasteiger partial charge in [-0.25, -0.2) is 4.98 Å². The summed E-state index contributed by atoms with van der Waals surface area (Å²) in [4.78, 5) is 10.6. The molecule has 0 aromatic carbocycles. The van der Waals surface area contributed by atoms with Gasteiger partial charge in [0.2, 0.25) is 5.89 Å². The topological polar surface area (TPSA) is 55.1 Å².